The second kappa shape index (κ2) is 7.29. The van der Waals surface area contributed by atoms with Crippen LogP contribution in [0.5, 0.6) is 0 Å². The summed E-state index contributed by atoms with van der Waals surface area (Å²) < 4.78 is 22.8. The zero-order valence-electron chi connectivity index (χ0n) is 5.21. The van der Waals surface area contributed by atoms with Crippen LogP contribution in [-0.4, -0.2) is 22.1 Å². The molecular weight excluding hydrogens is 144 g/mol. The molecule has 0 rings (SSSR count). The molecule has 0 saturated heterocycles. The average Bonchev–Trinajstić information content (AvgIpc) is 1.25. The van der Waals surface area contributed by atoms with Crippen LogP contribution in [-0.2, 0) is 11.4 Å². The molecule has 0 unspecified atom stereocenters. The predicted octanol–water partition coefficient (Wildman–Crippen LogP) is 1.05. The molecule has 0 fully saturated rings. The summed E-state index contributed by atoms with van der Waals surface area (Å²) in [6.07, 6.45) is 0. The van der Waals surface area contributed by atoms with E-state index in [1.54, 1.807) is 0 Å². The summed E-state index contributed by atoms with van der Waals surface area (Å²) in [7, 11) is 0.120. The summed E-state index contributed by atoms with van der Waals surface area (Å²) in [6, 6.07) is 0. The van der Waals surface area contributed by atoms with Gasteiger partial charge in [0.15, 0.2) is 0 Å². The summed E-state index contributed by atoms with van der Waals surface area (Å²) in [5.41, 5.74) is 0. The van der Waals surface area contributed by atoms with Crippen LogP contribution in [0.1, 0.15) is 0 Å². The van der Waals surface area contributed by atoms with Crippen molar-refractivity contribution in [1.29, 1.82) is 0 Å². The Morgan fingerprint density at radius 1 is 1.25 bits per heavy atom. The van der Waals surface area contributed by atoms with Crippen molar-refractivity contribution in [2.75, 3.05) is 0 Å². The van der Waals surface area contributed by atoms with E-state index < -0.39 is 11.4 Å². The molecule has 0 aromatic heterocycles. The summed E-state index contributed by atoms with van der Waals surface area (Å²) in [4.78, 5) is 0. The molecule has 0 spiro atoms. The van der Waals surface area contributed by atoms with Gasteiger partial charge in [0, 0.05) is 8.80 Å². The lowest BCUT2D eigenvalue weighted by atomic mass is 11.8. The van der Waals surface area contributed by atoms with Gasteiger partial charge in [-0.2, -0.15) is 4.21 Å². The SMILES string of the molecule is C[Si](C)C.O=S(O)O. The molecule has 1 radical (unpaired) electrons. The Morgan fingerprint density at radius 3 is 1.25 bits per heavy atom. The van der Waals surface area contributed by atoms with Gasteiger partial charge in [-0.05, 0) is 0 Å². The topological polar surface area (TPSA) is 57.5 Å². The predicted molar refractivity (Wildman–Crippen MR) is 36.7 cm³/mol. The van der Waals surface area contributed by atoms with Crippen LogP contribution in [0.15, 0.2) is 0 Å². The van der Waals surface area contributed by atoms with Crippen molar-refractivity contribution in [3.63, 3.8) is 0 Å². The maximum atomic E-state index is 8.67. The summed E-state index contributed by atoms with van der Waals surface area (Å²) in [5.74, 6) is 0. The molecule has 0 saturated carbocycles. The number of rotatable bonds is 0. The van der Waals surface area contributed by atoms with Crippen molar-refractivity contribution in [2.45, 2.75) is 19.6 Å². The summed E-state index contributed by atoms with van der Waals surface area (Å²) >= 11 is -2.61. The smallest absolute Gasteiger partial charge is 0.284 e. The zero-order valence-corrected chi connectivity index (χ0v) is 7.03. The van der Waals surface area contributed by atoms with E-state index in [4.69, 9.17) is 13.3 Å². The molecule has 0 heterocycles. The van der Waals surface area contributed by atoms with Gasteiger partial charge in [0.05, 0.1) is 0 Å². The third kappa shape index (κ3) is 2140. The van der Waals surface area contributed by atoms with Gasteiger partial charge in [-0.1, -0.05) is 19.6 Å². The molecule has 0 aliphatic rings. The second-order valence-electron chi connectivity index (χ2n) is 1.73. The molecule has 0 aliphatic heterocycles. The van der Waals surface area contributed by atoms with Gasteiger partial charge in [-0.15, -0.1) is 0 Å². The first-order valence-corrected chi connectivity index (χ1v) is 6.10. The average molecular weight is 155 g/mol. The number of hydrogen-bond acceptors (Lipinski definition) is 1. The Hall–Kier alpha value is 0.287. The first kappa shape index (κ1) is 11.1. The van der Waals surface area contributed by atoms with Crippen molar-refractivity contribution >= 4 is 20.2 Å². The molecule has 5 heteroatoms. The van der Waals surface area contributed by atoms with Gasteiger partial charge in [-0.25, -0.2) is 0 Å². The van der Waals surface area contributed by atoms with Crippen LogP contribution < -0.4 is 0 Å². The van der Waals surface area contributed by atoms with E-state index in [0.717, 1.165) is 0 Å². The summed E-state index contributed by atoms with van der Waals surface area (Å²) in [6.45, 7) is 6.81. The molecular formula is C3H11O3SSi. The molecule has 51 valence electrons. The molecule has 0 aromatic carbocycles. The third-order valence-electron chi connectivity index (χ3n) is 0. The fourth-order valence-electron chi connectivity index (χ4n) is 0. The first-order chi connectivity index (χ1) is 3.46. The van der Waals surface area contributed by atoms with Gasteiger partial charge in [0.2, 0.25) is 0 Å². The molecule has 0 aliphatic carbocycles. The van der Waals surface area contributed by atoms with Crippen molar-refractivity contribution in [2.24, 2.45) is 0 Å². The standard InChI is InChI=1S/C3H9Si.H2O3S/c2*1-4(2)3/h1-3H3;(H2,1,2,3). The van der Waals surface area contributed by atoms with Crippen LogP contribution in [0, 0.1) is 0 Å². The maximum absolute atomic E-state index is 8.67. The Kier molecular flexibility index (Phi) is 10.1. The van der Waals surface area contributed by atoms with E-state index in [0.29, 0.717) is 0 Å². The Labute approximate surface area is 53.8 Å². The van der Waals surface area contributed by atoms with E-state index in [-0.39, 0.29) is 8.80 Å². The van der Waals surface area contributed by atoms with E-state index in [9.17, 15) is 0 Å². The molecule has 8 heavy (non-hydrogen) atoms. The van der Waals surface area contributed by atoms with Crippen molar-refractivity contribution < 1.29 is 13.3 Å². The van der Waals surface area contributed by atoms with Crippen LogP contribution in [0.3, 0.4) is 0 Å². The minimum absolute atomic E-state index is 0.120. The fourth-order valence-corrected chi connectivity index (χ4v) is 0. The molecule has 3 nitrogen and oxygen atoms in total. The van der Waals surface area contributed by atoms with Gasteiger partial charge < -0.3 is 0 Å². The lowest BCUT2D eigenvalue weighted by molar-refractivity contribution is 0.454. The Bertz CT molecular complexity index is 58.8. The minimum Gasteiger partial charge on any atom is -0.284 e. The highest BCUT2D eigenvalue weighted by molar-refractivity contribution is 7.73. The quantitative estimate of drug-likeness (QED) is 0.406. The van der Waals surface area contributed by atoms with Gasteiger partial charge >= 0.3 is 0 Å². The fraction of sp³-hybridized carbons (Fsp3) is 1.00. The third-order valence-corrected chi connectivity index (χ3v) is 0. The lowest BCUT2D eigenvalue weighted by Crippen LogP contribution is -1.84. The zero-order chi connectivity index (χ0) is 7.15. The van der Waals surface area contributed by atoms with Gasteiger partial charge in [0.1, 0.15) is 0 Å². The Morgan fingerprint density at radius 2 is 1.25 bits per heavy atom. The monoisotopic (exact) mass is 155 g/mol. The van der Waals surface area contributed by atoms with E-state index in [2.05, 4.69) is 19.6 Å². The van der Waals surface area contributed by atoms with E-state index in [1.807, 2.05) is 0 Å². The lowest BCUT2D eigenvalue weighted by Gasteiger charge is -1.75. The van der Waals surface area contributed by atoms with Crippen LogP contribution >= 0.6 is 0 Å². The normalized spacial score (nSPS) is 8.88. The molecule has 2 N–H and O–H groups in total. The van der Waals surface area contributed by atoms with Crippen molar-refractivity contribution in [1.82, 2.24) is 0 Å². The van der Waals surface area contributed by atoms with Gasteiger partial charge in [-0.3, -0.25) is 9.11 Å². The molecule has 0 atom stereocenters. The molecule has 0 amide bonds. The van der Waals surface area contributed by atoms with E-state index in [1.165, 1.54) is 0 Å². The molecule has 0 aromatic rings. The first-order valence-electron chi connectivity index (χ1n) is 2.03. The highest BCUT2D eigenvalue weighted by atomic mass is 32.2. The number of hydrogen-bond donors (Lipinski definition) is 2. The highest BCUT2D eigenvalue weighted by Crippen LogP contribution is 1.68. The van der Waals surface area contributed by atoms with Crippen LogP contribution in [0.4, 0.5) is 0 Å². The van der Waals surface area contributed by atoms with Crippen LogP contribution in [0.2, 0.25) is 19.6 Å². The van der Waals surface area contributed by atoms with Gasteiger partial charge in [0.25, 0.3) is 11.4 Å². The summed E-state index contributed by atoms with van der Waals surface area (Å²) in [5, 5.41) is 0. The Balaban J connectivity index is 0. The minimum atomic E-state index is -2.61. The van der Waals surface area contributed by atoms with Crippen molar-refractivity contribution in [3.8, 4) is 0 Å². The second-order valence-corrected chi connectivity index (χ2v) is 5.19. The largest absolute Gasteiger partial charge is 0.299 e. The van der Waals surface area contributed by atoms with Crippen molar-refractivity contribution in [3.05, 3.63) is 0 Å². The van der Waals surface area contributed by atoms with E-state index >= 15 is 0 Å². The highest BCUT2D eigenvalue weighted by Gasteiger charge is 1.72. The maximum Gasteiger partial charge on any atom is 0.299 e. The molecule has 0 bridgehead atoms. The van der Waals surface area contributed by atoms with Crippen LogP contribution in [0.25, 0.3) is 0 Å².